The van der Waals surface area contributed by atoms with Crippen LogP contribution in [-0.2, 0) is 29.0 Å². The second-order valence-electron chi connectivity index (χ2n) is 4.26. The summed E-state index contributed by atoms with van der Waals surface area (Å²) in [5.74, 6) is -0.240. The summed E-state index contributed by atoms with van der Waals surface area (Å²) in [4.78, 5) is 13.3. The van der Waals surface area contributed by atoms with E-state index in [-0.39, 0.29) is 12.5 Å². The highest BCUT2D eigenvalue weighted by Gasteiger charge is 2.18. The molecule has 1 aromatic rings. The van der Waals surface area contributed by atoms with Gasteiger partial charge in [0.2, 0.25) is 0 Å². The number of carbonyl (C=O) groups excluding carboxylic acids is 1. The fraction of sp³-hybridized carbons (Fsp3) is 0.692. The summed E-state index contributed by atoms with van der Waals surface area (Å²) >= 11 is 6.35. The maximum absolute atomic E-state index is 11.4. The Morgan fingerprint density at radius 2 is 2.11 bits per heavy atom. The number of hydrogen-bond donors (Lipinski definition) is 0. The Morgan fingerprint density at radius 1 is 1.42 bits per heavy atom. The molecule has 1 heterocycles. The Kier molecular flexibility index (Phi) is 6.31. The van der Waals surface area contributed by atoms with Crippen LogP contribution in [0.3, 0.4) is 0 Å². The number of ether oxygens (including phenoxy) is 1. The average molecular weight is 288 g/mol. The molecule has 5 nitrogen and oxygen atoms in total. The largest absolute Gasteiger partial charge is 0.468 e. The molecular formula is C13H22ClN3O2. The van der Waals surface area contributed by atoms with Gasteiger partial charge in [-0.1, -0.05) is 25.4 Å². The number of nitrogens with zero attached hydrogens (tertiary/aromatic N) is 3. The van der Waals surface area contributed by atoms with Gasteiger partial charge >= 0.3 is 5.97 Å². The maximum Gasteiger partial charge on any atom is 0.319 e. The number of carbonyl (C=O) groups is 1. The number of aromatic nitrogens is 2. The van der Waals surface area contributed by atoms with Gasteiger partial charge in [-0.05, 0) is 19.9 Å². The molecule has 0 saturated heterocycles. The van der Waals surface area contributed by atoms with E-state index in [1.54, 1.807) is 0 Å². The summed E-state index contributed by atoms with van der Waals surface area (Å²) in [6.45, 7) is 8.45. The predicted octanol–water partition coefficient (Wildman–Crippen LogP) is 2.11. The van der Waals surface area contributed by atoms with Crippen molar-refractivity contribution in [2.75, 3.05) is 20.2 Å². The number of halogens is 1. The Labute approximate surface area is 119 Å². The molecule has 0 saturated carbocycles. The number of hydrogen-bond acceptors (Lipinski definition) is 4. The lowest BCUT2D eigenvalue weighted by Gasteiger charge is -2.19. The molecule has 0 aliphatic heterocycles. The van der Waals surface area contributed by atoms with Gasteiger partial charge < -0.3 is 4.74 Å². The molecule has 19 heavy (non-hydrogen) atoms. The highest BCUT2D eigenvalue weighted by Crippen LogP contribution is 2.23. The molecule has 0 unspecified atom stereocenters. The molecule has 0 aliphatic rings. The van der Waals surface area contributed by atoms with E-state index >= 15 is 0 Å². The summed E-state index contributed by atoms with van der Waals surface area (Å²) in [5.41, 5.74) is 1.87. The number of esters is 1. The summed E-state index contributed by atoms with van der Waals surface area (Å²) in [5, 5.41) is 5.19. The van der Waals surface area contributed by atoms with Gasteiger partial charge in [-0.25, -0.2) is 0 Å². The van der Waals surface area contributed by atoms with Crippen LogP contribution in [0, 0.1) is 0 Å². The quantitative estimate of drug-likeness (QED) is 0.721. The van der Waals surface area contributed by atoms with Gasteiger partial charge in [0.15, 0.2) is 0 Å². The second kappa shape index (κ2) is 7.50. The minimum Gasteiger partial charge on any atom is -0.468 e. The fourth-order valence-corrected chi connectivity index (χ4v) is 2.24. The number of likely N-dealkylation sites (N-methyl/N-ethyl adjacent to an activating group) is 1. The highest BCUT2D eigenvalue weighted by molar-refractivity contribution is 6.31. The molecule has 1 aromatic heterocycles. The molecular weight excluding hydrogens is 266 g/mol. The molecule has 0 amide bonds. The first-order valence-corrected chi connectivity index (χ1v) is 6.98. The minimum atomic E-state index is -0.240. The third-order valence-electron chi connectivity index (χ3n) is 3.10. The molecule has 0 aliphatic carbocycles. The molecule has 108 valence electrons. The van der Waals surface area contributed by atoms with E-state index in [9.17, 15) is 4.79 Å². The molecule has 0 fully saturated rings. The molecule has 6 heteroatoms. The lowest BCUT2D eigenvalue weighted by molar-refractivity contribution is -0.142. The minimum absolute atomic E-state index is 0.240. The monoisotopic (exact) mass is 287 g/mol. The van der Waals surface area contributed by atoms with Crippen molar-refractivity contribution in [3.05, 3.63) is 16.4 Å². The zero-order valence-corrected chi connectivity index (χ0v) is 12.8. The van der Waals surface area contributed by atoms with Gasteiger partial charge in [-0.3, -0.25) is 14.4 Å². The van der Waals surface area contributed by atoms with Crippen molar-refractivity contribution in [2.24, 2.45) is 0 Å². The van der Waals surface area contributed by atoms with Crippen LogP contribution in [0.1, 0.15) is 32.2 Å². The van der Waals surface area contributed by atoms with Crippen molar-refractivity contribution >= 4 is 17.6 Å². The molecule has 0 bridgehead atoms. The smallest absolute Gasteiger partial charge is 0.319 e. The summed E-state index contributed by atoms with van der Waals surface area (Å²) < 4.78 is 6.60. The Morgan fingerprint density at radius 3 is 2.58 bits per heavy atom. The van der Waals surface area contributed by atoms with Crippen LogP contribution in [-0.4, -0.2) is 40.8 Å². The molecule has 0 radical (unpaired) electrons. The zero-order valence-electron chi connectivity index (χ0n) is 12.1. The number of rotatable bonds is 7. The van der Waals surface area contributed by atoms with Gasteiger partial charge in [0.05, 0.1) is 30.1 Å². The average Bonchev–Trinajstić information content (AvgIpc) is 2.73. The SMILES string of the molecule is CCc1nn(CC)c(CN(CC)CC(=O)OC)c1Cl. The van der Waals surface area contributed by atoms with Crippen molar-refractivity contribution in [1.29, 1.82) is 0 Å². The van der Waals surface area contributed by atoms with E-state index in [0.717, 1.165) is 30.9 Å². The molecule has 0 N–H and O–H groups in total. The summed E-state index contributed by atoms with van der Waals surface area (Å²) in [7, 11) is 1.40. The fourth-order valence-electron chi connectivity index (χ4n) is 1.91. The number of aryl methyl sites for hydroxylation is 2. The maximum atomic E-state index is 11.4. The molecule has 0 atom stereocenters. The van der Waals surface area contributed by atoms with Crippen LogP contribution in [0.2, 0.25) is 5.02 Å². The van der Waals surface area contributed by atoms with Gasteiger partial charge in [-0.15, -0.1) is 0 Å². The van der Waals surface area contributed by atoms with E-state index < -0.39 is 0 Å². The van der Waals surface area contributed by atoms with Crippen molar-refractivity contribution in [3.63, 3.8) is 0 Å². The van der Waals surface area contributed by atoms with E-state index in [4.69, 9.17) is 16.3 Å². The first-order chi connectivity index (χ1) is 9.07. The normalized spacial score (nSPS) is 11.1. The van der Waals surface area contributed by atoms with Crippen LogP contribution in [0.5, 0.6) is 0 Å². The lowest BCUT2D eigenvalue weighted by Crippen LogP contribution is -2.31. The van der Waals surface area contributed by atoms with Crippen LogP contribution in [0.15, 0.2) is 0 Å². The first-order valence-electron chi connectivity index (χ1n) is 6.60. The van der Waals surface area contributed by atoms with Gasteiger partial charge in [0.25, 0.3) is 0 Å². The van der Waals surface area contributed by atoms with Crippen LogP contribution in [0.4, 0.5) is 0 Å². The summed E-state index contributed by atoms with van der Waals surface area (Å²) in [6, 6.07) is 0. The molecule has 1 rings (SSSR count). The van der Waals surface area contributed by atoms with E-state index in [1.165, 1.54) is 7.11 Å². The van der Waals surface area contributed by atoms with E-state index in [2.05, 4.69) is 5.10 Å². The predicted molar refractivity (Wildman–Crippen MR) is 75.3 cm³/mol. The zero-order chi connectivity index (χ0) is 14.4. The van der Waals surface area contributed by atoms with Crippen molar-refractivity contribution in [2.45, 2.75) is 40.3 Å². The Balaban J connectivity index is 2.89. The van der Waals surface area contributed by atoms with Crippen molar-refractivity contribution in [3.8, 4) is 0 Å². The Hall–Kier alpha value is -1.07. The third-order valence-corrected chi connectivity index (χ3v) is 3.53. The van der Waals surface area contributed by atoms with Gasteiger partial charge in [-0.2, -0.15) is 5.10 Å². The van der Waals surface area contributed by atoms with E-state index in [1.807, 2.05) is 30.4 Å². The highest BCUT2D eigenvalue weighted by atomic mass is 35.5. The van der Waals surface area contributed by atoms with Gasteiger partial charge in [0, 0.05) is 13.1 Å². The molecule has 0 aromatic carbocycles. The van der Waals surface area contributed by atoms with Crippen LogP contribution >= 0.6 is 11.6 Å². The van der Waals surface area contributed by atoms with Crippen molar-refractivity contribution in [1.82, 2.24) is 14.7 Å². The lowest BCUT2D eigenvalue weighted by atomic mass is 10.3. The first kappa shape index (κ1) is 16.0. The topological polar surface area (TPSA) is 47.4 Å². The van der Waals surface area contributed by atoms with Crippen molar-refractivity contribution < 1.29 is 9.53 Å². The van der Waals surface area contributed by atoms with E-state index in [0.29, 0.717) is 11.6 Å². The third kappa shape index (κ3) is 3.94. The Bertz CT molecular complexity index is 432. The molecule has 0 spiro atoms. The standard InChI is InChI=1S/C13H22ClN3O2/c1-5-10-13(14)11(17(7-3)15-10)8-16(6-2)9-12(18)19-4/h5-9H2,1-4H3. The number of methoxy groups -OCH3 is 1. The summed E-state index contributed by atoms with van der Waals surface area (Å²) in [6.07, 6.45) is 0.808. The van der Waals surface area contributed by atoms with Crippen LogP contribution in [0.25, 0.3) is 0 Å². The second-order valence-corrected chi connectivity index (χ2v) is 4.63. The van der Waals surface area contributed by atoms with Crippen LogP contribution < -0.4 is 0 Å². The van der Waals surface area contributed by atoms with Gasteiger partial charge in [0.1, 0.15) is 0 Å².